The van der Waals surface area contributed by atoms with E-state index in [1.54, 1.807) is 14.1 Å². The predicted octanol–water partition coefficient (Wildman–Crippen LogP) is 2.29. The molecule has 1 rings (SSSR count). The topological polar surface area (TPSA) is 93.7 Å². The van der Waals surface area contributed by atoms with Crippen LogP contribution in [0.1, 0.15) is 5.82 Å². The van der Waals surface area contributed by atoms with E-state index in [1.807, 2.05) is 0 Å². The average molecular weight is 388 g/mol. The number of imidazole rings is 1. The molecule has 0 N–H and O–H groups in total. The van der Waals surface area contributed by atoms with E-state index in [0.717, 1.165) is 6.20 Å². The lowest BCUT2D eigenvalue weighted by Gasteiger charge is -2.33. The maximum absolute atomic E-state index is 13.2. The van der Waals surface area contributed by atoms with Gasteiger partial charge in [0.1, 0.15) is 12.8 Å². The standard InChI is InChI=1S/C11H20Cl2N5O4P/c1-15(6-4-12)23(21,16(2)7-5-13)22-9-10-14-8-11(17(10)3)18(19)20/h8H,4-7,9H2,1-3H3. The largest absolute Gasteiger partial charge is 0.358 e. The van der Waals surface area contributed by atoms with Gasteiger partial charge in [0.05, 0.1) is 7.05 Å². The van der Waals surface area contributed by atoms with Crippen molar-refractivity contribution in [1.29, 1.82) is 0 Å². The van der Waals surface area contributed by atoms with E-state index in [2.05, 4.69) is 4.98 Å². The minimum absolute atomic E-state index is 0.138. The summed E-state index contributed by atoms with van der Waals surface area (Å²) in [6.07, 6.45) is 1.13. The number of aromatic nitrogens is 2. The molecule has 0 saturated heterocycles. The molecule has 0 bridgehead atoms. The van der Waals surface area contributed by atoms with Crippen LogP contribution in [0.3, 0.4) is 0 Å². The van der Waals surface area contributed by atoms with Crippen molar-refractivity contribution in [2.45, 2.75) is 6.61 Å². The zero-order chi connectivity index (χ0) is 17.6. The highest BCUT2D eigenvalue weighted by Gasteiger charge is 2.35. The maximum Gasteiger partial charge on any atom is 0.346 e. The van der Waals surface area contributed by atoms with Crippen molar-refractivity contribution in [2.24, 2.45) is 7.05 Å². The van der Waals surface area contributed by atoms with Crippen LogP contribution >= 0.6 is 30.9 Å². The van der Waals surface area contributed by atoms with Gasteiger partial charge < -0.3 is 10.1 Å². The first-order valence-electron chi connectivity index (χ1n) is 6.72. The third kappa shape index (κ3) is 4.89. The van der Waals surface area contributed by atoms with Gasteiger partial charge in [-0.15, -0.1) is 23.2 Å². The molecule has 1 heterocycles. The highest BCUT2D eigenvalue weighted by Crippen LogP contribution is 2.52. The number of rotatable bonds is 10. The van der Waals surface area contributed by atoms with Crippen LogP contribution in [-0.4, -0.2) is 62.8 Å². The van der Waals surface area contributed by atoms with E-state index in [0.29, 0.717) is 18.9 Å². The van der Waals surface area contributed by atoms with E-state index < -0.39 is 12.6 Å². The average Bonchev–Trinajstić information content (AvgIpc) is 2.86. The van der Waals surface area contributed by atoms with Gasteiger partial charge >= 0.3 is 13.5 Å². The Labute approximate surface area is 144 Å². The monoisotopic (exact) mass is 387 g/mol. The molecule has 0 amide bonds. The smallest absolute Gasteiger partial charge is 0.346 e. The summed E-state index contributed by atoms with van der Waals surface area (Å²) >= 11 is 11.4. The molecule has 0 radical (unpaired) electrons. The fraction of sp³-hybridized carbons (Fsp3) is 0.727. The first-order valence-corrected chi connectivity index (χ1v) is 9.32. The summed E-state index contributed by atoms with van der Waals surface area (Å²) in [7, 11) is 1.41. The molecule has 0 saturated carbocycles. The van der Waals surface area contributed by atoms with Gasteiger partial charge in [0.25, 0.3) is 0 Å². The Bertz CT molecular complexity index is 569. The second-order valence-electron chi connectivity index (χ2n) is 4.75. The SMILES string of the molecule is CN(CCCl)P(=O)(OCc1ncc([N+](=O)[O-])n1C)N(C)CCCl. The molecule has 0 fully saturated rings. The lowest BCUT2D eigenvalue weighted by atomic mass is 10.6. The molecular weight excluding hydrogens is 368 g/mol. The van der Waals surface area contributed by atoms with Crippen molar-refractivity contribution in [3.8, 4) is 0 Å². The lowest BCUT2D eigenvalue weighted by Crippen LogP contribution is -2.31. The molecule has 0 aliphatic heterocycles. The number of hydrogen-bond acceptors (Lipinski definition) is 5. The summed E-state index contributed by atoms with van der Waals surface area (Å²) in [4.78, 5) is 14.2. The highest BCUT2D eigenvalue weighted by atomic mass is 35.5. The minimum Gasteiger partial charge on any atom is -0.358 e. The minimum atomic E-state index is -3.36. The Balaban J connectivity index is 2.94. The van der Waals surface area contributed by atoms with E-state index in [1.165, 1.54) is 21.0 Å². The summed E-state index contributed by atoms with van der Waals surface area (Å²) in [6, 6.07) is 0. The molecule has 1 aromatic rings. The second-order valence-corrected chi connectivity index (χ2v) is 8.11. The molecule has 0 unspecified atom stereocenters. The quantitative estimate of drug-likeness (QED) is 0.263. The normalized spacial score (nSPS) is 12.3. The molecule has 132 valence electrons. The number of halogens is 2. The van der Waals surface area contributed by atoms with Crippen LogP contribution in [-0.2, 0) is 22.7 Å². The molecule has 0 atom stereocenters. The van der Waals surface area contributed by atoms with Crippen molar-refractivity contribution in [1.82, 2.24) is 18.9 Å². The van der Waals surface area contributed by atoms with Crippen LogP contribution in [0.15, 0.2) is 6.20 Å². The van der Waals surface area contributed by atoms with Gasteiger partial charge in [-0.2, -0.15) is 0 Å². The second kappa shape index (κ2) is 8.96. The summed E-state index contributed by atoms with van der Waals surface area (Å²) in [6.45, 7) is 0.569. The van der Waals surface area contributed by atoms with Crippen LogP contribution in [0.25, 0.3) is 0 Å². The molecule has 9 nitrogen and oxygen atoms in total. The van der Waals surface area contributed by atoms with E-state index >= 15 is 0 Å². The van der Waals surface area contributed by atoms with Gasteiger partial charge in [-0.3, -0.25) is 9.09 Å². The Morgan fingerprint density at radius 1 is 1.35 bits per heavy atom. The van der Waals surface area contributed by atoms with Crippen molar-refractivity contribution in [2.75, 3.05) is 38.9 Å². The number of hydrogen-bond donors (Lipinski definition) is 0. The van der Waals surface area contributed by atoms with Crippen LogP contribution in [0.5, 0.6) is 0 Å². The number of nitrogens with zero attached hydrogens (tertiary/aromatic N) is 5. The van der Waals surface area contributed by atoms with Gasteiger partial charge in [0.15, 0.2) is 0 Å². The molecule has 12 heteroatoms. The van der Waals surface area contributed by atoms with Crippen molar-refractivity contribution < 1.29 is 14.0 Å². The zero-order valence-corrected chi connectivity index (χ0v) is 15.6. The fourth-order valence-electron chi connectivity index (χ4n) is 1.84. The van der Waals surface area contributed by atoms with E-state index in [-0.39, 0.29) is 24.2 Å². The third-order valence-corrected chi connectivity index (χ3v) is 6.22. The Hall–Kier alpha value is -0.700. The Kier molecular flexibility index (Phi) is 7.93. The Morgan fingerprint density at radius 2 is 1.87 bits per heavy atom. The Morgan fingerprint density at radius 3 is 2.26 bits per heavy atom. The molecule has 23 heavy (non-hydrogen) atoms. The summed E-state index contributed by atoms with van der Waals surface area (Å²) in [5.41, 5.74) is 0. The first kappa shape index (κ1) is 20.3. The maximum atomic E-state index is 13.2. The molecule has 0 spiro atoms. The highest BCUT2D eigenvalue weighted by molar-refractivity contribution is 7.53. The van der Waals surface area contributed by atoms with Gasteiger partial charge in [0, 0.05) is 24.8 Å². The molecule has 0 aromatic carbocycles. The van der Waals surface area contributed by atoms with Crippen LogP contribution < -0.4 is 0 Å². The zero-order valence-electron chi connectivity index (χ0n) is 13.2. The van der Waals surface area contributed by atoms with Gasteiger partial charge in [-0.25, -0.2) is 18.9 Å². The van der Waals surface area contributed by atoms with Crippen molar-refractivity contribution in [3.05, 3.63) is 22.1 Å². The number of alkyl halides is 2. The fourth-order valence-corrected chi connectivity index (χ4v) is 4.49. The van der Waals surface area contributed by atoms with Crippen LogP contribution in [0, 0.1) is 10.1 Å². The van der Waals surface area contributed by atoms with Crippen molar-refractivity contribution in [3.63, 3.8) is 0 Å². The van der Waals surface area contributed by atoms with Crippen LogP contribution in [0.4, 0.5) is 5.82 Å². The summed E-state index contributed by atoms with van der Waals surface area (Å²) in [5.74, 6) is 0.705. The first-order chi connectivity index (χ1) is 10.8. The summed E-state index contributed by atoms with van der Waals surface area (Å²) < 4.78 is 23.1. The number of nitro groups is 1. The van der Waals surface area contributed by atoms with E-state index in [4.69, 9.17) is 27.7 Å². The molecule has 1 aromatic heterocycles. The van der Waals surface area contributed by atoms with E-state index in [9.17, 15) is 14.7 Å². The lowest BCUT2D eigenvalue weighted by molar-refractivity contribution is -0.391. The molecule has 0 aliphatic carbocycles. The third-order valence-electron chi connectivity index (χ3n) is 3.29. The van der Waals surface area contributed by atoms with Crippen LogP contribution in [0.2, 0.25) is 0 Å². The molecular formula is C11H20Cl2N5O4P. The van der Waals surface area contributed by atoms with Gasteiger partial charge in [0.2, 0.25) is 5.82 Å². The van der Waals surface area contributed by atoms with Gasteiger partial charge in [-0.05, 0) is 19.0 Å². The summed E-state index contributed by atoms with van der Waals surface area (Å²) in [5, 5.41) is 10.8. The molecule has 0 aliphatic rings. The van der Waals surface area contributed by atoms with Gasteiger partial charge in [-0.1, -0.05) is 0 Å². The predicted molar refractivity (Wildman–Crippen MR) is 89.0 cm³/mol. The van der Waals surface area contributed by atoms with Crippen molar-refractivity contribution >= 4 is 36.7 Å².